The summed E-state index contributed by atoms with van der Waals surface area (Å²) in [6, 6.07) is 0. The van der Waals surface area contributed by atoms with E-state index in [-0.39, 0.29) is 52.7 Å². The number of ether oxygens (including phenoxy) is 1. The van der Waals surface area contributed by atoms with Crippen LogP contribution >= 0.6 is 0 Å². The molecule has 6 aliphatic carbocycles. The molecule has 1 aromatic heterocycles. The minimum Gasteiger partial charge on any atom is -0.481 e. The number of fused-ring (bicyclic) bond motifs is 3. The van der Waals surface area contributed by atoms with E-state index in [4.69, 9.17) is 10.5 Å². The summed E-state index contributed by atoms with van der Waals surface area (Å²) < 4.78 is 6.84. The standard InChI is InChI=1S/C38H65N7O4/c1-24(2)25(3)33(4)15-16-35(6)26-11-12-28-34(5)21-38(45-42-32(39)41-43-45,31(34)49-20-18-40-17-10-19-44(8)9)22-37(28,23-46)27(26)13-14-36(35,7)29(33)30(47)48/h13,24-26,28-29,31,40,46H,10-12,14-23H2,1-9H3,(H2,39,42)(H,47,48)/t25-,26+,28+,29-,31-,33-,34+,35-,36+,37+,38+/m1/s1. The third-order valence-corrected chi connectivity index (χ3v) is 15.8. The second kappa shape index (κ2) is 12.6. The SMILES string of the molecule is CC(C)[C@@H](C)[C@@]1(C)CC[C@]2(C)[C@H]3CC[C@@H]4[C@](CO)(C[C@@]5(n6nnc(N)n6)C[C@]4(C)[C@H]5OCCNCCCN(C)C)C3=CC[C@@]2(C)[C@@H]1C(=O)O. The van der Waals surface area contributed by atoms with Crippen molar-refractivity contribution in [2.75, 3.05) is 52.7 Å². The number of aliphatic hydroxyl groups excluding tert-OH is 1. The zero-order valence-corrected chi connectivity index (χ0v) is 31.8. The maximum absolute atomic E-state index is 13.4. The molecule has 0 amide bonds. The summed E-state index contributed by atoms with van der Waals surface area (Å²) in [7, 11) is 4.19. The first-order valence-electron chi connectivity index (χ1n) is 19.0. The lowest BCUT2D eigenvalue weighted by Gasteiger charge is -2.76. The zero-order chi connectivity index (χ0) is 35.8. The molecule has 1 aromatic rings. The number of nitrogens with two attached hydrogens (primary N) is 1. The number of nitrogens with zero attached hydrogens (tertiary/aromatic N) is 5. The van der Waals surface area contributed by atoms with Crippen molar-refractivity contribution in [1.82, 2.24) is 30.4 Å². The average Bonchev–Trinajstić information content (AvgIpc) is 3.48. The highest BCUT2D eigenvalue weighted by molar-refractivity contribution is 5.73. The number of carboxylic acids is 1. The zero-order valence-electron chi connectivity index (χ0n) is 31.8. The van der Waals surface area contributed by atoms with Gasteiger partial charge in [0.1, 0.15) is 5.54 Å². The number of rotatable bonds is 13. The lowest BCUT2D eigenvalue weighted by Crippen LogP contribution is -2.78. The molecular weight excluding hydrogens is 618 g/mol. The molecule has 7 rings (SSSR count). The number of nitrogen functional groups attached to an aromatic ring is 1. The summed E-state index contributed by atoms with van der Waals surface area (Å²) in [4.78, 5) is 17.3. The summed E-state index contributed by atoms with van der Waals surface area (Å²) in [5.74, 6) is 0.168. The predicted octanol–water partition coefficient (Wildman–Crippen LogP) is 4.83. The van der Waals surface area contributed by atoms with Gasteiger partial charge in [0.05, 0.1) is 25.2 Å². The van der Waals surface area contributed by atoms with Crippen LogP contribution in [0.5, 0.6) is 0 Å². The fraction of sp³-hybridized carbons (Fsp3) is 0.895. The summed E-state index contributed by atoms with van der Waals surface area (Å²) in [6.45, 7) is 19.4. The van der Waals surface area contributed by atoms with Crippen molar-refractivity contribution in [2.24, 2.45) is 56.7 Å². The summed E-state index contributed by atoms with van der Waals surface area (Å²) in [5, 5.41) is 39.4. The first kappa shape index (κ1) is 36.7. The van der Waals surface area contributed by atoms with Crippen molar-refractivity contribution >= 4 is 11.9 Å². The third-order valence-electron chi connectivity index (χ3n) is 15.8. The summed E-state index contributed by atoms with van der Waals surface area (Å²) >= 11 is 0. The molecule has 11 atom stereocenters. The highest BCUT2D eigenvalue weighted by Gasteiger charge is 2.78. The maximum atomic E-state index is 13.4. The number of anilines is 1. The maximum Gasteiger partial charge on any atom is 0.307 e. The minimum absolute atomic E-state index is 0.0406. The van der Waals surface area contributed by atoms with Crippen molar-refractivity contribution in [3.63, 3.8) is 0 Å². The molecule has 11 nitrogen and oxygen atoms in total. The number of aromatic nitrogens is 4. The largest absolute Gasteiger partial charge is 0.481 e. The number of nitrogens with one attached hydrogen (secondary N) is 1. The Hall–Kier alpha value is -2.08. The number of carboxylic acid groups (broad SMARTS) is 1. The molecule has 0 aromatic carbocycles. The number of aliphatic carboxylic acids is 1. The first-order valence-corrected chi connectivity index (χ1v) is 19.0. The van der Waals surface area contributed by atoms with E-state index in [0.717, 1.165) is 58.2 Å². The van der Waals surface area contributed by atoms with Gasteiger partial charge in [-0.05, 0) is 124 Å². The monoisotopic (exact) mass is 684 g/mol. The van der Waals surface area contributed by atoms with Crippen molar-refractivity contribution in [2.45, 2.75) is 111 Å². The van der Waals surface area contributed by atoms with E-state index < -0.39 is 28.3 Å². The van der Waals surface area contributed by atoms with Gasteiger partial charge < -0.3 is 30.9 Å². The molecule has 0 unspecified atom stereocenters. The molecule has 5 saturated carbocycles. The second-order valence-corrected chi connectivity index (χ2v) is 18.6. The van der Waals surface area contributed by atoms with Gasteiger partial charge in [-0.2, -0.15) is 4.80 Å². The molecule has 6 aliphatic rings. The van der Waals surface area contributed by atoms with Crippen LogP contribution in [0.15, 0.2) is 11.6 Å². The Bertz CT molecular complexity index is 1430. The molecule has 0 radical (unpaired) electrons. The molecule has 49 heavy (non-hydrogen) atoms. The number of carbonyl (C=O) groups is 1. The Labute approximate surface area is 294 Å². The molecule has 0 aliphatic heterocycles. The van der Waals surface area contributed by atoms with Crippen molar-refractivity contribution in [3.05, 3.63) is 11.6 Å². The Kier molecular flexibility index (Phi) is 9.40. The highest BCUT2D eigenvalue weighted by Crippen LogP contribution is 2.79. The van der Waals surface area contributed by atoms with Crippen molar-refractivity contribution in [1.29, 1.82) is 0 Å². The van der Waals surface area contributed by atoms with E-state index in [1.165, 1.54) is 5.57 Å². The number of aliphatic hydroxyl groups is 1. The van der Waals surface area contributed by atoms with Crippen LogP contribution in [0.2, 0.25) is 0 Å². The summed E-state index contributed by atoms with van der Waals surface area (Å²) in [5.41, 5.74) is 5.28. The van der Waals surface area contributed by atoms with Gasteiger partial charge in [-0.3, -0.25) is 4.79 Å². The molecule has 0 saturated heterocycles. The van der Waals surface area contributed by atoms with E-state index in [9.17, 15) is 15.0 Å². The lowest BCUT2D eigenvalue weighted by atomic mass is 9.30. The number of tetrazole rings is 1. The second-order valence-electron chi connectivity index (χ2n) is 18.6. The smallest absolute Gasteiger partial charge is 0.307 e. The van der Waals surface area contributed by atoms with Gasteiger partial charge in [0.25, 0.3) is 5.95 Å². The van der Waals surface area contributed by atoms with Gasteiger partial charge >= 0.3 is 5.97 Å². The van der Waals surface area contributed by atoms with E-state index >= 15 is 0 Å². The minimum atomic E-state index is -0.654. The van der Waals surface area contributed by atoms with Gasteiger partial charge in [-0.25, -0.2) is 0 Å². The van der Waals surface area contributed by atoms with Gasteiger partial charge in [0.15, 0.2) is 0 Å². The van der Waals surface area contributed by atoms with Crippen LogP contribution < -0.4 is 11.1 Å². The fourth-order valence-corrected chi connectivity index (χ4v) is 13.1. The average molecular weight is 684 g/mol. The van der Waals surface area contributed by atoms with E-state index in [0.29, 0.717) is 25.4 Å². The van der Waals surface area contributed by atoms with Gasteiger partial charge in [-0.1, -0.05) is 65.2 Å². The number of hydrogen-bond acceptors (Lipinski definition) is 9. The molecule has 276 valence electrons. The molecule has 1 heterocycles. The lowest BCUT2D eigenvalue weighted by molar-refractivity contribution is -0.304. The summed E-state index contributed by atoms with van der Waals surface area (Å²) in [6.07, 6.45) is 9.44. The number of allylic oxidation sites excluding steroid dienone is 1. The molecule has 0 spiro atoms. The predicted molar refractivity (Wildman–Crippen MR) is 190 cm³/mol. The van der Waals surface area contributed by atoms with Crippen LogP contribution in [-0.4, -0.2) is 94.3 Å². The first-order chi connectivity index (χ1) is 23.0. The third kappa shape index (κ3) is 5.17. The van der Waals surface area contributed by atoms with E-state index in [1.807, 2.05) is 0 Å². The molecule has 5 N–H and O–H groups in total. The topological polar surface area (TPSA) is 152 Å². The normalized spacial score (nSPS) is 43.3. The quantitative estimate of drug-likeness (QED) is 0.168. The molecule has 2 bridgehead atoms. The van der Waals surface area contributed by atoms with Crippen LogP contribution in [-0.2, 0) is 15.1 Å². The van der Waals surface area contributed by atoms with Crippen LogP contribution in [0.3, 0.4) is 0 Å². The Morgan fingerprint density at radius 1 is 1.12 bits per heavy atom. The molecule has 5 fully saturated rings. The van der Waals surface area contributed by atoms with E-state index in [1.54, 1.807) is 4.80 Å². The van der Waals surface area contributed by atoms with Crippen molar-refractivity contribution < 1.29 is 19.7 Å². The van der Waals surface area contributed by atoms with Crippen molar-refractivity contribution in [3.8, 4) is 0 Å². The highest BCUT2D eigenvalue weighted by atomic mass is 16.5. The van der Waals surface area contributed by atoms with Gasteiger partial charge in [0.2, 0.25) is 0 Å². The Morgan fingerprint density at radius 2 is 1.86 bits per heavy atom. The van der Waals surface area contributed by atoms with E-state index in [2.05, 4.69) is 94.3 Å². The Morgan fingerprint density at radius 3 is 2.47 bits per heavy atom. The molecule has 11 heteroatoms. The van der Waals surface area contributed by atoms with Crippen LogP contribution in [0.4, 0.5) is 5.95 Å². The van der Waals surface area contributed by atoms with Crippen LogP contribution in [0.25, 0.3) is 0 Å². The van der Waals surface area contributed by atoms with Crippen LogP contribution in [0, 0.1) is 56.7 Å². The number of hydrogen-bond donors (Lipinski definition) is 4. The Balaban J connectivity index is 1.35. The van der Waals surface area contributed by atoms with Crippen LogP contribution in [0.1, 0.15) is 99.8 Å². The molecular formula is C38H65N7O4. The fourth-order valence-electron chi connectivity index (χ4n) is 13.1. The van der Waals surface area contributed by atoms with Gasteiger partial charge in [0, 0.05) is 17.4 Å². The van der Waals surface area contributed by atoms with Gasteiger partial charge in [-0.15, -0.1) is 5.10 Å².